The first-order chi connectivity index (χ1) is 16.3. The molecule has 0 spiro atoms. The highest BCUT2D eigenvalue weighted by Gasteiger charge is 2.32. The standard InChI is InChI=1S/C26H42N4O5/c1-15(2)12-20(24(32)29-21(26(34)35)13-16(3)4)28-25(33)22(17(5)6)30-23(31)19(27)14-18-10-8-7-9-11-18/h7-11,15-17,19-22H,12-14,27H2,1-6H3,(H,28,33)(H,29,32)(H,30,31)(H,34,35). The summed E-state index contributed by atoms with van der Waals surface area (Å²) in [4.78, 5) is 50.4. The highest BCUT2D eigenvalue weighted by Crippen LogP contribution is 2.11. The largest absolute Gasteiger partial charge is 0.480 e. The molecule has 9 heteroatoms. The molecule has 0 heterocycles. The molecule has 0 saturated heterocycles. The van der Waals surface area contributed by atoms with Gasteiger partial charge in [-0.1, -0.05) is 71.9 Å². The van der Waals surface area contributed by atoms with Crippen LogP contribution in [0.4, 0.5) is 0 Å². The Morgan fingerprint density at radius 1 is 0.771 bits per heavy atom. The van der Waals surface area contributed by atoms with Crippen molar-refractivity contribution in [1.82, 2.24) is 16.0 Å². The van der Waals surface area contributed by atoms with Crippen LogP contribution in [0.2, 0.25) is 0 Å². The SMILES string of the molecule is CC(C)CC(NC(=O)C(CC(C)C)NC(=O)C(NC(=O)C(N)Cc1ccccc1)C(C)C)C(=O)O. The first-order valence-corrected chi connectivity index (χ1v) is 12.2. The van der Waals surface area contributed by atoms with Gasteiger partial charge in [0.2, 0.25) is 17.7 Å². The van der Waals surface area contributed by atoms with Gasteiger partial charge in [-0.25, -0.2) is 4.79 Å². The minimum atomic E-state index is -1.12. The summed E-state index contributed by atoms with van der Waals surface area (Å²) in [6.45, 7) is 11.1. The molecular formula is C26H42N4O5. The molecule has 0 aliphatic heterocycles. The van der Waals surface area contributed by atoms with Crippen LogP contribution in [0, 0.1) is 17.8 Å². The summed E-state index contributed by atoms with van der Waals surface area (Å²) >= 11 is 0. The molecular weight excluding hydrogens is 448 g/mol. The van der Waals surface area contributed by atoms with Crippen LogP contribution in [0.3, 0.4) is 0 Å². The van der Waals surface area contributed by atoms with E-state index in [-0.39, 0.29) is 24.2 Å². The van der Waals surface area contributed by atoms with Crippen molar-refractivity contribution in [2.45, 2.75) is 85.0 Å². The molecule has 0 radical (unpaired) electrons. The summed E-state index contributed by atoms with van der Waals surface area (Å²) in [6.07, 6.45) is 0.912. The molecule has 0 saturated carbocycles. The summed E-state index contributed by atoms with van der Waals surface area (Å²) < 4.78 is 0. The minimum absolute atomic E-state index is 0.0609. The van der Waals surface area contributed by atoms with Gasteiger partial charge < -0.3 is 26.8 Å². The number of nitrogens with one attached hydrogen (secondary N) is 3. The second-order valence-corrected chi connectivity index (χ2v) is 10.2. The van der Waals surface area contributed by atoms with Crippen LogP contribution < -0.4 is 21.7 Å². The van der Waals surface area contributed by atoms with Crippen LogP contribution >= 0.6 is 0 Å². The third-order valence-electron chi connectivity index (χ3n) is 5.54. The van der Waals surface area contributed by atoms with Crippen molar-refractivity contribution in [3.63, 3.8) is 0 Å². The number of carbonyl (C=O) groups excluding carboxylic acids is 3. The number of hydrogen-bond donors (Lipinski definition) is 5. The maximum absolute atomic E-state index is 13.1. The van der Waals surface area contributed by atoms with E-state index in [9.17, 15) is 24.3 Å². The average molecular weight is 491 g/mol. The molecule has 0 fully saturated rings. The fourth-order valence-electron chi connectivity index (χ4n) is 3.69. The first-order valence-electron chi connectivity index (χ1n) is 12.2. The Hall–Kier alpha value is -2.94. The molecule has 3 amide bonds. The maximum atomic E-state index is 13.1. The average Bonchev–Trinajstić information content (AvgIpc) is 2.75. The van der Waals surface area contributed by atoms with Crippen molar-refractivity contribution in [2.24, 2.45) is 23.5 Å². The van der Waals surface area contributed by atoms with Gasteiger partial charge in [0, 0.05) is 0 Å². The van der Waals surface area contributed by atoms with Gasteiger partial charge in [-0.2, -0.15) is 0 Å². The lowest BCUT2D eigenvalue weighted by molar-refractivity contribution is -0.143. The van der Waals surface area contributed by atoms with E-state index in [0.717, 1.165) is 5.56 Å². The second-order valence-electron chi connectivity index (χ2n) is 10.2. The van der Waals surface area contributed by atoms with Crippen molar-refractivity contribution in [3.8, 4) is 0 Å². The van der Waals surface area contributed by atoms with Crippen LogP contribution in [0.5, 0.6) is 0 Å². The number of carboxylic acid groups (broad SMARTS) is 1. The number of carbonyl (C=O) groups is 4. The Morgan fingerprint density at radius 2 is 1.29 bits per heavy atom. The Morgan fingerprint density at radius 3 is 1.77 bits per heavy atom. The summed E-state index contributed by atoms with van der Waals surface area (Å²) in [7, 11) is 0. The maximum Gasteiger partial charge on any atom is 0.326 e. The summed E-state index contributed by atoms with van der Waals surface area (Å²) in [5.41, 5.74) is 6.98. The monoisotopic (exact) mass is 490 g/mol. The molecule has 0 aromatic heterocycles. The van der Waals surface area contributed by atoms with E-state index in [1.807, 2.05) is 58.0 Å². The van der Waals surface area contributed by atoms with Crippen molar-refractivity contribution in [2.75, 3.05) is 0 Å². The van der Waals surface area contributed by atoms with Crippen molar-refractivity contribution in [3.05, 3.63) is 35.9 Å². The summed E-state index contributed by atoms with van der Waals surface area (Å²) in [5, 5.41) is 17.5. The highest BCUT2D eigenvalue weighted by molar-refractivity contribution is 5.94. The molecule has 1 rings (SSSR count). The number of rotatable bonds is 14. The lowest BCUT2D eigenvalue weighted by Crippen LogP contribution is -2.58. The van der Waals surface area contributed by atoms with Gasteiger partial charge in [0.1, 0.15) is 18.1 Å². The van der Waals surface area contributed by atoms with E-state index in [1.54, 1.807) is 13.8 Å². The van der Waals surface area contributed by atoms with Crippen LogP contribution in [0.15, 0.2) is 30.3 Å². The van der Waals surface area contributed by atoms with E-state index in [0.29, 0.717) is 12.8 Å². The molecule has 9 nitrogen and oxygen atoms in total. The Bertz CT molecular complexity index is 841. The lowest BCUT2D eigenvalue weighted by Gasteiger charge is -2.28. The number of carboxylic acids is 1. The van der Waals surface area contributed by atoms with Gasteiger partial charge in [0.25, 0.3) is 0 Å². The van der Waals surface area contributed by atoms with Gasteiger partial charge in [-0.05, 0) is 42.6 Å². The van der Waals surface area contributed by atoms with E-state index in [2.05, 4.69) is 16.0 Å². The van der Waals surface area contributed by atoms with E-state index in [4.69, 9.17) is 5.73 Å². The Kier molecular flexibility index (Phi) is 12.4. The van der Waals surface area contributed by atoms with Gasteiger partial charge in [-0.15, -0.1) is 0 Å². The molecule has 1 aromatic carbocycles. The minimum Gasteiger partial charge on any atom is -0.480 e. The quantitative estimate of drug-likeness (QED) is 0.268. The molecule has 6 N–H and O–H groups in total. The van der Waals surface area contributed by atoms with Crippen LogP contribution in [0.1, 0.15) is 59.9 Å². The predicted octanol–water partition coefficient (Wildman–Crippen LogP) is 1.84. The molecule has 1 aromatic rings. The number of nitrogens with two attached hydrogens (primary N) is 1. The van der Waals surface area contributed by atoms with Gasteiger partial charge in [-0.3, -0.25) is 14.4 Å². The van der Waals surface area contributed by atoms with E-state index in [1.165, 1.54) is 0 Å². The number of amides is 3. The van der Waals surface area contributed by atoms with E-state index < -0.39 is 47.9 Å². The van der Waals surface area contributed by atoms with E-state index >= 15 is 0 Å². The zero-order valence-electron chi connectivity index (χ0n) is 21.7. The molecule has 35 heavy (non-hydrogen) atoms. The predicted molar refractivity (Wildman–Crippen MR) is 135 cm³/mol. The molecule has 4 atom stereocenters. The van der Waals surface area contributed by atoms with Crippen LogP contribution in [-0.4, -0.2) is 53.0 Å². The fraction of sp³-hybridized carbons (Fsp3) is 0.615. The van der Waals surface area contributed by atoms with Crippen molar-refractivity contribution >= 4 is 23.7 Å². The smallest absolute Gasteiger partial charge is 0.326 e. The molecule has 196 valence electrons. The lowest BCUT2D eigenvalue weighted by atomic mass is 9.98. The van der Waals surface area contributed by atoms with Gasteiger partial charge in [0.15, 0.2) is 0 Å². The number of hydrogen-bond acceptors (Lipinski definition) is 5. The zero-order chi connectivity index (χ0) is 26.7. The third-order valence-corrected chi connectivity index (χ3v) is 5.54. The molecule has 4 unspecified atom stereocenters. The van der Waals surface area contributed by atoms with Crippen LogP contribution in [-0.2, 0) is 25.6 Å². The topological polar surface area (TPSA) is 151 Å². The normalized spacial score (nSPS) is 14.8. The number of benzene rings is 1. The molecule has 0 aliphatic carbocycles. The van der Waals surface area contributed by atoms with Crippen molar-refractivity contribution < 1.29 is 24.3 Å². The Balaban J connectivity index is 2.92. The van der Waals surface area contributed by atoms with Crippen LogP contribution in [0.25, 0.3) is 0 Å². The third kappa shape index (κ3) is 10.9. The highest BCUT2D eigenvalue weighted by atomic mass is 16.4. The van der Waals surface area contributed by atoms with Gasteiger partial charge >= 0.3 is 5.97 Å². The van der Waals surface area contributed by atoms with Gasteiger partial charge in [0.05, 0.1) is 6.04 Å². The molecule has 0 aliphatic rings. The Labute approximate surface area is 208 Å². The zero-order valence-corrected chi connectivity index (χ0v) is 21.7. The fourth-order valence-corrected chi connectivity index (χ4v) is 3.69. The summed E-state index contributed by atoms with van der Waals surface area (Å²) in [6, 6.07) is 5.61. The number of aliphatic carboxylic acids is 1. The second kappa shape index (κ2) is 14.5. The van der Waals surface area contributed by atoms with Crippen molar-refractivity contribution in [1.29, 1.82) is 0 Å². The first kappa shape index (κ1) is 30.1. The summed E-state index contributed by atoms with van der Waals surface area (Å²) in [5.74, 6) is -2.80. The molecule has 0 bridgehead atoms.